The van der Waals surface area contributed by atoms with Crippen molar-refractivity contribution < 1.29 is 17.9 Å². The van der Waals surface area contributed by atoms with Gasteiger partial charge in [0.1, 0.15) is 0 Å². The van der Waals surface area contributed by atoms with E-state index >= 15 is 0 Å². The van der Waals surface area contributed by atoms with Crippen LogP contribution in [0.5, 0.6) is 0 Å². The molecule has 0 heterocycles. The molecule has 7 heteroatoms. The minimum absolute atomic E-state index is 0.134. The molecule has 0 fully saturated rings. The highest BCUT2D eigenvalue weighted by molar-refractivity contribution is 7.91. The summed E-state index contributed by atoms with van der Waals surface area (Å²) in [5, 5.41) is 2.78. The second-order valence-electron chi connectivity index (χ2n) is 7.64. The van der Waals surface area contributed by atoms with Crippen molar-refractivity contribution in [2.24, 2.45) is 0 Å². The van der Waals surface area contributed by atoms with Crippen LogP contribution >= 0.6 is 23.2 Å². The Morgan fingerprint density at radius 3 is 2.24 bits per heavy atom. The minimum Gasteiger partial charge on any atom is -0.469 e. The third-order valence-corrected chi connectivity index (χ3v) is 7.83. The molecule has 0 saturated carbocycles. The Bertz CT molecular complexity index is 1480. The van der Waals surface area contributed by atoms with Crippen LogP contribution in [0.25, 0.3) is 21.9 Å². The van der Waals surface area contributed by atoms with Crippen LogP contribution in [0.2, 0.25) is 10.0 Å². The van der Waals surface area contributed by atoms with Crippen LogP contribution in [0.15, 0.2) is 82.6 Å². The van der Waals surface area contributed by atoms with E-state index in [9.17, 15) is 13.2 Å². The SMILES string of the molecule is COC(=O)Cc1cc2ccc(Cl)cc2c(-c2ccc(S(=O)(=O)c3cccc(Cl)c3)cc2)c1C. The Hall–Kier alpha value is -2.86. The van der Waals surface area contributed by atoms with Gasteiger partial charge in [-0.3, -0.25) is 4.79 Å². The summed E-state index contributed by atoms with van der Waals surface area (Å²) in [5.74, 6) is -0.333. The van der Waals surface area contributed by atoms with Crippen molar-refractivity contribution in [3.63, 3.8) is 0 Å². The first kappa shape index (κ1) is 23.3. The summed E-state index contributed by atoms with van der Waals surface area (Å²) < 4.78 is 30.9. The van der Waals surface area contributed by atoms with E-state index in [0.717, 1.165) is 33.0 Å². The van der Waals surface area contributed by atoms with Gasteiger partial charge in [-0.1, -0.05) is 53.5 Å². The zero-order valence-electron chi connectivity index (χ0n) is 17.9. The average Bonchev–Trinajstić information content (AvgIpc) is 2.80. The monoisotopic (exact) mass is 498 g/mol. The standard InChI is InChI=1S/C26H20Cl2O4S/c1-16-19(13-25(29)32-2)12-18-6-9-21(28)15-24(18)26(16)17-7-10-22(11-8-17)33(30,31)23-5-3-4-20(27)14-23/h3-12,14-15H,13H2,1-2H3. The molecular formula is C26H20Cl2O4S. The summed E-state index contributed by atoms with van der Waals surface area (Å²) >= 11 is 12.3. The molecule has 4 rings (SSSR count). The minimum atomic E-state index is -3.71. The van der Waals surface area contributed by atoms with Crippen molar-refractivity contribution >= 4 is 49.8 Å². The van der Waals surface area contributed by atoms with Crippen LogP contribution in [0.1, 0.15) is 11.1 Å². The highest BCUT2D eigenvalue weighted by Gasteiger charge is 2.19. The van der Waals surface area contributed by atoms with Gasteiger partial charge >= 0.3 is 5.97 Å². The summed E-state index contributed by atoms with van der Waals surface area (Å²) in [6.07, 6.45) is 0.134. The molecule has 4 aromatic rings. The van der Waals surface area contributed by atoms with E-state index in [1.807, 2.05) is 25.1 Å². The van der Waals surface area contributed by atoms with Crippen molar-refractivity contribution in [1.82, 2.24) is 0 Å². The van der Waals surface area contributed by atoms with Crippen LogP contribution in [0.3, 0.4) is 0 Å². The molecular weight excluding hydrogens is 479 g/mol. The molecule has 0 bridgehead atoms. The van der Waals surface area contributed by atoms with Crippen LogP contribution in [-0.4, -0.2) is 21.5 Å². The Labute approximate surface area is 202 Å². The van der Waals surface area contributed by atoms with Crippen molar-refractivity contribution in [3.8, 4) is 11.1 Å². The maximum absolute atomic E-state index is 13.0. The summed E-state index contributed by atoms with van der Waals surface area (Å²) in [6.45, 7) is 1.94. The third-order valence-electron chi connectivity index (χ3n) is 5.59. The molecule has 0 aromatic heterocycles. The van der Waals surface area contributed by atoms with Gasteiger partial charge in [0, 0.05) is 10.0 Å². The topological polar surface area (TPSA) is 60.4 Å². The molecule has 33 heavy (non-hydrogen) atoms. The first-order chi connectivity index (χ1) is 15.7. The van der Waals surface area contributed by atoms with Gasteiger partial charge < -0.3 is 4.74 Å². The molecule has 0 N–H and O–H groups in total. The molecule has 0 atom stereocenters. The quantitative estimate of drug-likeness (QED) is 0.288. The van der Waals surface area contributed by atoms with Gasteiger partial charge in [-0.2, -0.15) is 0 Å². The normalized spacial score (nSPS) is 11.5. The number of sulfone groups is 1. The molecule has 0 aliphatic carbocycles. The lowest BCUT2D eigenvalue weighted by Crippen LogP contribution is -2.07. The van der Waals surface area contributed by atoms with Gasteiger partial charge in [0.15, 0.2) is 0 Å². The van der Waals surface area contributed by atoms with Crippen molar-refractivity contribution in [3.05, 3.63) is 94.0 Å². The zero-order chi connectivity index (χ0) is 23.8. The molecule has 0 aliphatic rings. The molecule has 168 valence electrons. The number of hydrogen-bond donors (Lipinski definition) is 0. The smallest absolute Gasteiger partial charge is 0.309 e. The highest BCUT2D eigenvalue weighted by Crippen LogP contribution is 2.37. The van der Waals surface area contributed by atoms with E-state index in [1.165, 1.54) is 19.2 Å². The Morgan fingerprint density at radius 1 is 0.879 bits per heavy atom. The largest absolute Gasteiger partial charge is 0.469 e. The van der Waals surface area contributed by atoms with E-state index < -0.39 is 9.84 Å². The number of carbonyl (C=O) groups excluding carboxylic acids is 1. The van der Waals surface area contributed by atoms with Crippen LogP contribution in [0.4, 0.5) is 0 Å². The lowest BCUT2D eigenvalue weighted by atomic mass is 9.89. The molecule has 0 spiro atoms. The van der Waals surface area contributed by atoms with Gasteiger partial charge in [0.05, 0.1) is 23.3 Å². The second kappa shape index (κ2) is 9.18. The van der Waals surface area contributed by atoms with E-state index in [1.54, 1.807) is 42.5 Å². The Kier molecular flexibility index (Phi) is 6.48. The van der Waals surface area contributed by atoms with Gasteiger partial charge in [0.25, 0.3) is 0 Å². The Morgan fingerprint density at radius 2 is 1.58 bits per heavy atom. The number of hydrogen-bond acceptors (Lipinski definition) is 4. The number of ether oxygens (including phenoxy) is 1. The van der Waals surface area contributed by atoms with Gasteiger partial charge in [-0.25, -0.2) is 8.42 Å². The lowest BCUT2D eigenvalue weighted by molar-refractivity contribution is -0.139. The zero-order valence-corrected chi connectivity index (χ0v) is 20.3. The van der Waals surface area contributed by atoms with E-state index in [2.05, 4.69) is 0 Å². The van der Waals surface area contributed by atoms with Crippen molar-refractivity contribution in [2.75, 3.05) is 7.11 Å². The number of methoxy groups -OCH3 is 1. The van der Waals surface area contributed by atoms with Crippen LogP contribution in [-0.2, 0) is 25.8 Å². The number of carbonyl (C=O) groups is 1. The number of benzene rings is 4. The first-order valence-electron chi connectivity index (χ1n) is 10.1. The van der Waals surface area contributed by atoms with Gasteiger partial charge in [0.2, 0.25) is 9.84 Å². The predicted molar refractivity (Wildman–Crippen MR) is 132 cm³/mol. The van der Waals surface area contributed by atoms with E-state index in [-0.39, 0.29) is 22.2 Å². The lowest BCUT2D eigenvalue weighted by Gasteiger charge is -2.16. The molecule has 0 radical (unpaired) electrons. The maximum atomic E-state index is 13.0. The maximum Gasteiger partial charge on any atom is 0.309 e. The molecule has 0 saturated heterocycles. The third kappa shape index (κ3) is 4.62. The fourth-order valence-corrected chi connectivity index (χ4v) is 5.62. The highest BCUT2D eigenvalue weighted by atomic mass is 35.5. The number of halogens is 2. The van der Waals surface area contributed by atoms with Gasteiger partial charge in [-0.15, -0.1) is 0 Å². The second-order valence-corrected chi connectivity index (χ2v) is 10.5. The first-order valence-corrected chi connectivity index (χ1v) is 12.3. The molecule has 0 unspecified atom stereocenters. The Balaban J connectivity index is 1.86. The summed E-state index contributed by atoms with van der Waals surface area (Å²) in [6, 6.07) is 20.4. The molecule has 4 aromatic carbocycles. The summed E-state index contributed by atoms with van der Waals surface area (Å²) in [7, 11) is -2.35. The van der Waals surface area contributed by atoms with Gasteiger partial charge in [-0.05, 0) is 82.4 Å². The average molecular weight is 499 g/mol. The number of rotatable bonds is 5. The molecule has 0 amide bonds. The molecule has 0 aliphatic heterocycles. The number of esters is 1. The van der Waals surface area contributed by atoms with Crippen molar-refractivity contribution in [2.45, 2.75) is 23.1 Å². The van der Waals surface area contributed by atoms with Crippen LogP contribution in [0, 0.1) is 6.92 Å². The predicted octanol–water partition coefficient (Wildman–Crippen LogP) is 6.67. The number of fused-ring (bicyclic) bond motifs is 1. The fraction of sp³-hybridized carbons (Fsp3) is 0.115. The summed E-state index contributed by atoms with van der Waals surface area (Å²) in [5.41, 5.74) is 3.44. The summed E-state index contributed by atoms with van der Waals surface area (Å²) in [4.78, 5) is 12.3. The van der Waals surface area contributed by atoms with Crippen molar-refractivity contribution in [1.29, 1.82) is 0 Å². The van der Waals surface area contributed by atoms with Crippen LogP contribution < -0.4 is 0 Å². The molecule has 4 nitrogen and oxygen atoms in total. The van der Waals surface area contributed by atoms with E-state index in [0.29, 0.717) is 10.0 Å². The fourth-order valence-electron chi connectivity index (χ4n) is 3.88. The van der Waals surface area contributed by atoms with E-state index in [4.69, 9.17) is 27.9 Å².